The van der Waals surface area contributed by atoms with Gasteiger partial charge in [-0.25, -0.2) is 4.98 Å². The molecule has 0 aliphatic heterocycles. The quantitative estimate of drug-likeness (QED) is 0.533. The molecule has 0 saturated heterocycles. The Bertz CT molecular complexity index is 1200. The Balaban J connectivity index is 1.64. The van der Waals surface area contributed by atoms with E-state index in [9.17, 15) is 9.59 Å². The molecule has 8 heteroatoms. The number of fused-ring (bicyclic) bond motifs is 1. The molecule has 0 radical (unpaired) electrons. The summed E-state index contributed by atoms with van der Waals surface area (Å²) in [5.41, 5.74) is 2.86. The van der Waals surface area contributed by atoms with Crippen molar-refractivity contribution in [3.8, 4) is 11.3 Å². The number of carbonyl (C=O) groups excluding carboxylic acids is 1. The third-order valence-electron chi connectivity index (χ3n) is 4.56. The van der Waals surface area contributed by atoms with Crippen LogP contribution < -0.4 is 10.9 Å². The van der Waals surface area contributed by atoms with Gasteiger partial charge in [-0.05, 0) is 29.2 Å². The molecule has 0 fully saturated rings. The van der Waals surface area contributed by atoms with Gasteiger partial charge in [0, 0.05) is 30.9 Å². The van der Waals surface area contributed by atoms with Gasteiger partial charge in [0.15, 0.2) is 0 Å². The van der Waals surface area contributed by atoms with Crippen LogP contribution in [0.3, 0.4) is 0 Å². The highest BCUT2D eigenvalue weighted by molar-refractivity contribution is 7.13. The Hall–Kier alpha value is -3.39. The van der Waals surface area contributed by atoms with Crippen molar-refractivity contribution >= 4 is 27.7 Å². The van der Waals surface area contributed by atoms with Crippen LogP contribution in [0.15, 0.2) is 59.7 Å². The first kappa shape index (κ1) is 18.9. The Morgan fingerprint density at radius 2 is 1.90 bits per heavy atom. The molecular formula is C21H19N5O2S. The Morgan fingerprint density at radius 3 is 2.62 bits per heavy atom. The molecule has 0 unspecified atom stereocenters. The van der Waals surface area contributed by atoms with Crippen molar-refractivity contribution in [3.05, 3.63) is 76.6 Å². The molecule has 7 nitrogen and oxygen atoms in total. The summed E-state index contributed by atoms with van der Waals surface area (Å²) in [5, 5.41) is 2.86. The molecule has 0 atom stereocenters. The fourth-order valence-corrected chi connectivity index (χ4v) is 3.88. The number of aromatic nitrogens is 4. The molecule has 0 aliphatic carbocycles. The highest BCUT2D eigenvalue weighted by Crippen LogP contribution is 2.27. The number of nitrogens with zero attached hydrogens (tertiary/aromatic N) is 4. The Morgan fingerprint density at radius 1 is 1.14 bits per heavy atom. The SMILES string of the molecule is CCc1nc2c(-c3ccncc3)nsc2c(=O)n1CC(=O)NCc1ccccc1. The van der Waals surface area contributed by atoms with Crippen molar-refractivity contribution in [3.63, 3.8) is 0 Å². The lowest BCUT2D eigenvalue weighted by atomic mass is 10.2. The highest BCUT2D eigenvalue weighted by Gasteiger charge is 2.18. The molecular weight excluding hydrogens is 386 g/mol. The molecule has 146 valence electrons. The number of rotatable bonds is 6. The van der Waals surface area contributed by atoms with Gasteiger partial charge in [-0.1, -0.05) is 37.3 Å². The van der Waals surface area contributed by atoms with E-state index in [2.05, 4.69) is 19.7 Å². The minimum Gasteiger partial charge on any atom is -0.350 e. The van der Waals surface area contributed by atoms with E-state index in [0.29, 0.717) is 34.7 Å². The number of pyridine rings is 1. The summed E-state index contributed by atoms with van der Waals surface area (Å²) in [7, 11) is 0. The van der Waals surface area contributed by atoms with Crippen LogP contribution in [0.1, 0.15) is 18.3 Å². The number of hydrogen-bond donors (Lipinski definition) is 1. The predicted octanol–water partition coefficient (Wildman–Crippen LogP) is 2.79. The summed E-state index contributed by atoms with van der Waals surface area (Å²) >= 11 is 1.11. The molecule has 0 saturated carbocycles. The second-order valence-electron chi connectivity index (χ2n) is 6.48. The number of hydrogen-bond acceptors (Lipinski definition) is 6. The van der Waals surface area contributed by atoms with Crippen LogP contribution >= 0.6 is 11.5 Å². The van der Waals surface area contributed by atoms with Gasteiger partial charge in [-0.3, -0.25) is 19.1 Å². The minimum atomic E-state index is -0.237. The van der Waals surface area contributed by atoms with Crippen LogP contribution in [0, 0.1) is 0 Å². The maximum absolute atomic E-state index is 13.1. The maximum atomic E-state index is 13.1. The Kier molecular flexibility index (Phi) is 5.44. The second kappa shape index (κ2) is 8.32. The minimum absolute atomic E-state index is 0.0692. The molecule has 0 spiro atoms. The number of benzene rings is 1. The van der Waals surface area contributed by atoms with Gasteiger partial charge in [0.05, 0.1) is 0 Å². The van der Waals surface area contributed by atoms with Crippen molar-refractivity contribution < 1.29 is 4.79 Å². The van der Waals surface area contributed by atoms with Crippen LogP contribution in [0.4, 0.5) is 0 Å². The fourth-order valence-electron chi connectivity index (χ4n) is 3.09. The van der Waals surface area contributed by atoms with Crippen molar-refractivity contribution in [1.82, 2.24) is 24.2 Å². The molecule has 4 aromatic rings. The van der Waals surface area contributed by atoms with E-state index in [4.69, 9.17) is 0 Å². The van der Waals surface area contributed by atoms with E-state index in [1.807, 2.05) is 49.4 Å². The van der Waals surface area contributed by atoms with Crippen LogP contribution in [0.2, 0.25) is 0 Å². The number of amides is 1. The van der Waals surface area contributed by atoms with E-state index >= 15 is 0 Å². The van der Waals surface area contributed by atoms with Gasteiger partial charge in [0.2, 0.25) is 5.91 Å². The molecule has 1 aromatic carbocycles. The first-order chi connectivity index (χ1) is 14.2. The van der Waals surface area contributed by atoms with Gasteiger partial charge in [0.25, 0.3) is 5.56 Å². The standard InChI is InChI=1S/C21H19N5O2S/c1-2-16-24-19-18(15-8-10-22-11-9-15)25-29-20(19)21(28)26(16)13-17(27)23-12-14-6-4-3-5-7-14/h3-11H,2,12-13H2,1H3,(H,23,27). The lowest BCUT2D eigenvalue weighted by molar-refractivity contribution is -0.121. The van der Waals surface area contributed by atoms with Gasteiger partial charge < -0.3 is 5.32 Å². The summed E-state index contributed by atoms with van der Waals surface area (Å²) < 4.78 is 6.33. The molecule has 0 aliphatic rings. The average molecular weight is 405 g/mol. The lowest BCUT2D eigenvalue weighted by Gasteiger charge is -2.11. The lowest BCUT2D eigenvalue weighted by Crippen LogP contribution is -2.34. The largest absolute Gasteiger partial charge is 0.350 e. The number of aryl methyl sites for hydroxylation is 1. The Labute approximate surface area is 171 Å². The number of nitrogens with one attached hydrogen (secondary N) is 1. The van der Waals surface area contributed by atoms with E-state index in [0.717, 1.165) is 22.7 Å². The second-order valence-corrected chi connectivity index (χ2v) is 7.25. The average Bonchev–Trinajstić information content (AvgIpc) is 3.19. The third kappa shape index (κ3) is 3.93. The molecule has 29 heavy (non-hydrogen) atoms. The fraction of sp³-hybridized carbons (Fsp3) is 0.190. The van der Waals surface area contributed by atoms with Gasteiger partial charge >= 0.3 is 0 Å². The summed E-state index contributed by atoms with van der Waals surface area (Å²) in [4.78, 5) is 34.2. The van der Waals surface area contributed by atoms with Gasteiger partial charge in [-0.15, -0.1) is 0 Å². The van der Waals surface area contributed by atoms with Crippen molar-refractivity contribution in [2.45, 2.75) is 26.4 Å². The molecule has 3 aromatic heterocycles. The van der Waals surface area contributed by atoms with Crippen molar-refractivity contribution in [2.24, 2.45) is 0 Å². The van der Waals surface area contributed by atoms with Crippen LogP contribution in [-0.4, -0.2) is 24.8 Å². The zero-order valence-corrected chi connectivity index (χ0v) is 16.6. The third-order valence-corrected chi connectivity index (χ3v) is 5.39. The zero-order chi connectivity index (χ0) is 20.2. The van der Waals surface area contributed by atoms with Crippen LogP contribution in [0.25, 0.3) is 21.5 Å². The smallest absolute Gasteiger partial charge is 0.273 e. The monoisotopic (exact) mass is 405 g/mol. The summed E-state index contributed by atoms with van der Waals surface area (Å²) in [6.07, 6.45) is 3.89. The summed E-state index contributed by atoms with van der Waals surface area (Å²) in [6, 6.07) is 13.3. The summed E-state index contributed by atoms with van der Waals surface area (Å²) in [6.45, 7) is 2.26. The van der Waals surface area contributed by atoms with Crippen LogP contribution in [-0.2, 0) is 24.3 Å². The maximum Gasteiger partial charge on any atom is 0.273 e. The molecule has 3 heterocycles. The van der Waals surface area contributed by atoms with Crippen LogP contribution in [0.5, 0.6) is 0 Å². The normalized spacial score (nSPS) is 10.9. The van der Waals surface area contributed by atoms with Crippen molar-refractivity contribution in [2.75, 3.05) is 0 Å². The molecule has 1 amide bonds. The summed E-state index contributed by atoms with van der Waals surface area (Å²) in [5.74, 6) is 0.332. The molecule has 0 bridgehead atoms. The van der Waals surface area contributed by atoms with E-state index in [1.165, 1.54) is 4.57 Å². The predicted molar refractivity (Wildman–Crippen MR) is 113 cm³/mol. The molecule has 4 rings (SSSR count). The zero-order valence-electron chi connectivity index (χ0n) is 15.8. The highest BCUT2D eigenvalue weighted by atomic mass is 32.1. The number of carbonyl (C=O) groups is 1. The van der Waals surface area contributed by atoms with Gasteiger partial charge in [-0.2, -0.15) is 4.37 Å². The first-order valence-electron chi connectivity index (χ1n) is 9.27. The first-order valence-corrected chi connectivity index (χ1v) is 10.0. The van der Waals surface area contributed by atoms with E-state index in [1.54, 1.807) is 12.4 Å². The topological polar surface area (TPSA) is 89.8 Å². The van der Waals surface area contributed by atoms with Crippen molar-refractivity contribution in [1.29, 1.82) is 0 Å². The molecule has 1 N–H and O–H groups in total. The van der Waals surface area contributed by atoms with E-state index < -0.39 is 0 Å². The van der Waals surface area contributed by atoms with E-state index in [-0.39, 0.29) is 18.0 Å². The van der Waals surface area contributed by atoms with Gasteiger partial charge in [0.1, 0.15) is 28.3 Å².